The third-order valence-electron chi connectivity index (χ3n) is 1.83. The molecule has 7 heteroatoms. The summed E-state index contributed by atoms with van der Waals surface area (Å²) in [6.45, 7) is 0. The minimum absolute atomic E-state index is 1.52. The van der Waals surface area contributed by atoms with Crippen molar-refractivity contribution >= 4 is 5.97 Å². The summed E-state index contributed by atoms with van der Waals surface area (Å²) in [5.74, 6) is -1.52. The lowest BCUT2D eigenvalue weighted by Gasteiger charge is -2.36. The van der Waals surface area contributed by atoms with Crippen LogP contribution in [0.1, 0.15) is 0 Å². The van der Waals surface area contributed by atoms with Gasteiger partial charge in [-0.15, -0.1) is 0 Å². The highest BCUT2D eigenvalue weighted by Gasteiger charge is 2.46. The van der Waals surface area contributed by atoms with Crippen molar-refractivity contribution in [2.75, 3.05) is 0 Å². The van der Waals surface area contributed by atoms with Crippen LogP contribution in [0.15, 0.2) is 0 Å². The average molecular weight is 194 g/mol. The maximum atomic E-state index is 10.4. The number of rotatable bonds is 1. The van der Waals surface area contributed by atoms with E-state index in [0.717, 1.165) is 0 Å². The Balaban J connectivity index is 2.76. The number of aliphatic hydroxyl groups is 4. The van der Waals surface area contributed by atoms with E-state index in [4.69, 9.17) is 25.5 Å². The Labute approximate surface area is 72.8 Å². The van der Waals surface area contributed by atoms with E-state index >= 15 is 0 Å². The summed E-state index contributed by atoms with van der Waals surface area (Å²) in [5.41, 5.74) is 0. The van der Waals surface area contributed by atoms with Crippen LogP contribution in [0.5, 0.6) is 0 Å². The van der Waals surface area contributed by atoms with Gasteiger partial charge in [0.15, 0.2) is 12.4 Å². The molecule has 0 aromatic heterocycles. The number of ether oxygens (including phenoxy) is 1. The highest BCUT2D eigenvalue weighted by atomic mass is 16.6. The van der Waals surface area contributed by atoms with Crippen molar-refractivity contribution in [2.24, 2.45) is 0 Å². The fraction of sp³-hybridized carbons (Fsp3) is 0.833. The van der Waals surface area contributed by atoms with Crippen LogP contribution in [-0.4, -0.2) is 62.2 Å². The van der Waals surface area contributed by atoms with Crippen LogP contribution in [0.3, 0.4) is 0 Å². The van der Waals surface area contributed by atoms with Crippen molar-refractivity contribution in [1.82, 2.24) is 0 Å². The Morgan fingerprint density at radius 3 is 2.00 bits per heavy atom. The van der Waals surface area contributed by atoms with Crippen molar-refractivity contribution in [1.29, 1.82) is 0 Å². The number of carbonyl (C=O) groups is 1. The summed E-state index contributed by atoms with van der Waals surface area (Å²) in [6.07, 6.45) is -8.72. The molecular formula is C6H10O7. The number of carboxylic acid groups (broad SMARTS) is 1. The van der Waals surface area contributed by atoms with Gasteiger partial charge in [0.05, 0.1) is 0 Å². The molecule has 76 valence electrons. The molecule has 1 heterocycles. The van der Waals surface area contributed by atoms with E-state index in [-0.39, 0.29) is 0 Å². The molecule has 1 fully saturated rings. The second kappa shape index (κ2) is 3.56. The summed E-state index contributed by atoms with van der Waals surface area (Å²) in [6, 6.07) is 0. The fourth-order valence-corrected chi connectivity index (χ4v) is 1.07. The van der Waals surface area contributed by atoms with E-state index in [1.165, 1.54) is 0 Å². The minimum Gasteiger partial charge on any atom is -0.479 e. The summed E-state index contributed by atoms with van der Waals surface area (Å²) >= 11 is 0. The third-order valence-corrected chi connectivity index (χ3v) is 1.83. The predicted octanol–water partition coefficient (Wildman–Crippen LogP) is -3.13. The quantitative estimate of drug-likeness (QED) is 0.298. The number of aliphatic carboxylic acids is 1. The minimum atomic E-state index is -1.81. The smallest absolute Gasteiger partial charge is 0.335 e. The van der Waals surface area contributed by atoms with E-state index in [0.29, 0.717) is 0 Å². The first-order chi connectivity index (χ1) is 5.95. The molecule has 1 aliphatic rings. The van der Waals surface area contributed by atoms with Crippen LogP contribution in [0.25, 0.3) is 0 Å². The summed E-state index contributed by atoms with van der Waals surface area (Å²) in [4.78, 5) is 10.4. The van der Waals surface area contributed by atoms with Crippen LogP contribution in [0.4, 0.5) is 0 Å². The topological polar surface area (TPSA) is 127 Å². The van der Waals surface area contributed by atoms with Gasteiger partial charge in [-0.1, -0.05) is 0 Å². The summed E-state index contributed by atoms with van der Waals surface area (Å²) in [7, 11) is 0. The van der Waals surface area contributed by atoms with Crippen molar-refractivity contribution < 1.29 is 35.1 Å². The lowest BCUT2D eigenvalue weighted by Crippen LogP contribution is -2.59. The molecule has 0 amide bonds. The van der Waals surface area contributed by atoms with E-state index in [2.05, 4.69) is 4.74 Å². The SMILES string of the molecule is O=C(O)C1O[C@H](O)C(O)[C@@H](O)[C@@H]1O. The van der Waals surface area contributed by atoms with Gasteiger partial charge in [0.2, 0.25) is 0 Å². The maximum Gasteiger partial charge on any atom is 0.335 e. The molecule has 5 N–H and O–H groups in total. The molecule has 0 aliphatic carbocycles. The third kappa shape index (κ3) is 1.79. The van der Waals surface area contributed by atoms with Gasteiger partial charge in [-0.25, -0.2) is 4.79 Å². The van der Waals surface area contributed by atoms with Gasteiger partial charge in [-0.05, 0) is 0 Å². The number of carboxylic acids is 1. The Kier molecular flexibility index (Phi) is 2.84. The summed E-state index contributed by atoms with van der Waals surface area (Å²) < 4.78 is 4.34. The molecule has 1 rings (SSSR count). The van der Waals surface area contributed by atoms with Gasteiger partial charge in [0.1, 0.15) is 18.3 Å². The Bertz CT molecular complexity index is 205. The zero-order chi connectivity index (χ0) is 10.2. The van der Waals surface area contributed by atoms with Crippen molar-refractivity contribution in [3.63, 3.8) is 0 Å². The molecule has 0 bridgehead atoms. The van der Waals surface area contributed by atoms with E-state index in [1.807, 2.05) is 0 Å². The lowest BCUT2D eigenvalue weighted by molar-refractivity contribution is -0.279. The van der Waals surface area contributed by atoms with Gasteiger partial charge >= 0.3 is 5.97 Å². The molecule has 2 unspecified atom stereocenters. The number of hydrogen-bond acceptors (Lipinski definition) is 6. The zero-order valence-corrected chi connectivity index (χ0v) is 6.44. The average Bonchev–Trinajstić information content (AvgIpc) is 2.07. The first kappa shape index (κ1) is 10.4. The van der Waals surface area contributed by atoms with Crippen LogP contribution >= 0.6 is 0 Å². The van der Waals surface area contributed by atoms with E-state index < -0.39 is 36.7 Å². The first-order valence-electron chi connectivity index (χ1n) is 3.55. The molecule has 13 heavy (non-hydrogen) atoms. The molecule has 0 saturated carbocycles. The van der Waals surface area contributed by atoms with Crippen LogP contribution < -0.4 is 0 Å². The highest BCUT2D eigenvalue weighted by molar-refractivity contribution is 5.73. The second-order valence-electron chi connectivity index (χ2n) is 2.76. The Morgan fingerprint density at radius 1 is 1.00 bits per heavy atom. The monoisotopic (exact) mass is 194 g/mol. The summed E-state index contributed by atoms with van der Waals surface area (Å²) in [5, 5.41) is 44.4. The zero-order valence-electron chi connectivity index (χ0n) is 6.44. The molecule has 0 aromatic rings. The van der Waals surface area contributed by atoms with E-state index in [9.17, 15) is 4.79 Å². The van der Waals surface area contributed by atoms with Crippen LogP contribution in [0.2, 0.25) is 0 Å². The molecule has 1 aliphatic heterocycles. The first-order valence-corrected chi connectivity index (χ1v) is 3.55. The molecular weight excluding hydrogens is 184 g/mol. The molecule has 7 nitrogen and oxygen atoms in total. The van der Waals surface area contributed by atoms with Crippen LogP contribution in [0, 0.1) is 0 Å². The maximum absolute atomic E-state index is 10.4. The van der Waals surface area contributed by atoms with Gasteiger partial charge in [-0.3, -0.25) is 0 Å². The van der Waals surface area contributed by atoms with Crippen molar-refractivity contribution in [2.45, 2.75) is 30.7 Å². The fourth-order valence-electron chi connectivity index (χ4n) is 1.07. The van der Waals surface area contributed by atoms with E-state index in [1.54, 1.807) is 0 Å². The molecule has 0 aromatic carbocycles. The largest absolute Gasteiger partial charge is 0.479 e. The van der Waals surface area contributed by atoms with Gasteiger partial charge in [-0.2, -0.15) is 0 Å². The van der Waals surface area contributed by atoms with Gasteiger partial charge in [0.25, 0.3) is 0 Å². The van der Waals surface area contributed by atoms with Gasteiger partial charge < -0.3 is 30.3 Å². The highest BCUT2D eigenvalue weighted by Crippen LogP contribution is 2.19. The lowest BCUT2D eigenvalue weighted by atomic mass is 9.99. The molecule has 0 radical (unpaired) electrons. The van der Waals surface area contributed by atoms with Crippen molar-refractivity contribution in [3.05, 3.63) is 0 Å². The normalized spacial score (nSPS) is 46.0. The molecule has 1 saturated heterocycles. The number of hydrogen-bond donors (Lipinski definition) is 5. The number of aliphatic hydroxyl groups excluding tert-OH is 4. The second-order valence-corrected chi connectivity index (χ2v) is 2.76. The Hall–Kier alpha value is -0.730. The van der Waals surface area contributed by atoms with Crippen molar-refractivity contribution in [3.8, 4) is 0 Å². The standard InChI is InChI=1S/C6H10O7/c7-1-2(8)4(5(10)11)13-6(12)3(1)9/h1-4,6-9,12H,(H,10,11)/t1-,2-,3?,4?,6-/m0/s1. The van der Waals surface area contributed by atoms with Crippen LogP contribution in [-0.2, 0) is 9.53 Å². The van der Waals surface area contributed by atoms with Gasteiger partial charge in [0, 0.05) is 0 Å². The molecule has 5 atom stereocenters. The molecule has 0 spiro atoms. The predicted molar refractivity (Wildman–Crippen MR) is 36.5 cm³/mol. The Morgan fingerprint density at radius 2 is 1.54 bits per heavy atom.